The van der Waals surface area contributed by atoms with E-state index in [4.69, 9.17) is 11.6 Å². The number of aryl methyl sites for hydroxylation is 1. The van der Waals surface area contributed by atoms with Crippen LogP contribution >= 0.6 is 23.4 Å². The molecule has 146 valence electrons. The highest BCUT2D eigenvalue weighted by Crippen LogP contribution is 2.30. The van der Waals surface area contributed by atoms with E-state index in [0.717, 1.165) is 17.0 Å². The van der Waals surface area contributed by atoms with Crippen molar-refractivity contribution >= 4 is 46.6 Å². The second-order valence-corrected chi connectivity index (χ2v) is 7.90. The van der Waals surface area contributed by atoms with Crippen LogP contribution < -0.4 is 10.2 Å². The number of carbonyl (C=O) groups excluding carboxylic acids is 2. The molecule has 29 heavy (non-hydrogen) atoms. The molecule has 8 heteroatoms. The van der Waals surface area contributed by atoms with Crippen LogP contribution in [0.1, 0.15) is 5.69 Å². The van der Waals surface area contributed by atoms with E-state index < -0.39 is 0 Å². The minimum absolute atomic E-state index is 0.00110. The third-order valence-corrected chi connectivity index (χ3v) is 5.45. The fraction of sp³-hybridized carbons (Fsp3) is 0.143. The summed E-state index contributed by atoms with van der Waals surface area (Å²) in [7, 11) is 0. The molecule has 0 bridgehead atoms. The van der Waals surface area contributed by atoms with Crippen LogP contribution in [0.2, 0.25) is 5.02 Å². The van der Waals surface area contributed by atoms with Crippen molar-refractivity contribution in [3.8, 4) is 11.3 Å². The van der Waals surface area contributed by atoms with Crippen molar-refractivity contribution in [3.63, 3.8) is 0 Å². The van der Waals surface area contributed by atoms with E-state index in [2.05, 4.69) is 15.3 Å². The molecule has 3 aromatic rings. The van der Waals surface area contributed by atoms with Crippen LogP contribution in [0.25, 0.3) is 11.3 Å². The number of hydrogen-bond acceptors (Lipinski definition) is 5. The molecule has 0 atom stereocenters. The molecule has 6 nitrogen and oxygen atoms in total. The Morgan fingerprint density at radius 1 is 1.17 bits per heavy atom. The lowest BCUT2D eigenvalue weighted by Gasteiger charge is -2.29. The van der Waals surface area contributed by atoms with E-state index in [1.54, 1.807) is 6.07 Å². The van der Waals surface area contributed by atoms with Gasteiger partial charge in [-0.3, -0.25) is 9.59 Å². The minimum Gasteiger partial charge on any atom is -0.323 e. The van der Waals surface area contributed by atoms with Crippen molar-refractivity contribution in [2.24, 2.45) is 0 Å². The number of hydrogen-bond donors (Lipinski definition) is 1. The van der Waals surface area contributed by atoms with Gasteiger partial charge in [-0.2, -0.15) is 0 Å². The Bertz CT molecular complexity index is 1090. The van der Waals surface area contributed by atoms with Gasteiger partial charge >= 0.3 is 0 Å². The molecule has 1 N–H and O–H groups in total. The first-order valence-corrected chi connectivity index (χ1v) is 10.3. The molecule has 0 fully saturated rings. The Balaban J connectivity index is 1.51. The van der Waals surface area contributed by atoms with E-state index in [9.17, 15) is 9.59 Å². The molecule has 0 unspecified atom stereocenters. The fourth-order valence-corrected chi connectivity index (χ4v) is 3.94. The van der Waals surface area contributed by atoms with E-state index >= 15 is 0 Å². The Morgan fingerprint density at radius 2 is 1.93 bits per heavy atom. The third kappa shape index (κ3) is 4.41. The first-order valence-electron chi connectivity index (χ1n) is 8.93. The monoisotopic (exact) mass is 424 g/mol. The third-order valence-electron chi connectivity index (χ3n) is 4.37. The lowest BCUT2D eigenvalue weighted by atomic mass is 10.1. The molecule has 2 heterocycles. The van der Waals surface area contributed by atoms with Gasteiger partial charge in [-0.1, -0.05) is 47.6 Å². The number of anilines is 2. The molecule has 0 saturated carbocycles. The van der Waals surface area contributed by atoms with Crippen LogP contribution in [0.4, 0.5) is 11.4 Å². The maximum atomic E-state index is 12.8. The summed E-state index contributed by atoms with van der Waals surface area (Å²) in [5, 5.41) is 3.95. The molecule has 2 aromatic carbocycles. The van der Waals surface area contributed by atoms with Crippen LogP contribution in [0, 0.1) is 6.92 Å². The summed E-state index contributed by atoms with van der Waals surface area (Å²) in [5.74, 6) is -0.250. The Kier molecular flexibility index (Phi) is 5.51. The number of rotatable bonds is 4. The number of carbonyl (C=O) groups is 2. The van der Waals surface area contributed by atoms with Gasteiger partial charge in [0, 0.05) is 16.3 Å². The smallest absolute Gasteiger partial charge is 0.244 e. The lowest BCUT2D eigenvalue weighted by Crippen LogP contribution is -2.43. The first kappa shape index (κ1) is 19.4. The largest absolute Gasteiger partial charge is 0.323 e. The van der Waals surface area contributed by atoms with Gasteiger partial charge in [0.15, 0.2) is 5.16 Å². The zero-order chi connectivity index (χ0) is 20.4. The summed E-state index contributed by atoms with van der Waals surface area (Å²) < 4.78 is 0. The number of para-hydroxylation sites is 2. The number of halogens is 1. The Morgan fingerprint density at radius 3 is 2.72 bits per heavy atom. The summed E-state index contributed by atoms with van der Waals surface area (Å²) in [6, 6.07) is 16.6. The predicted octanol–water partition coefficient (Wildman–Crippen LogP) is 4.18. The molecule has 0 spiro atoms. The van der Waals surface area contributed by atoms with Crippen LogP contribution in [-0.2, 0) is 9.59 Å². The number of aromatic nitrogens is 2. The van der Waals surface area contributed by atoms with Crippen molar-refractivity contribution in [2.75, 3.05) is 22.5 Å². The molecule has 0 saturated heterocycles. The zero-order valence-electron chi connectivity index (χ0n) is 15.6. The number of amides is 2. The van der Waals surface area contributed by atoms with E-state index in [1.807, 2.05) is 55.5 Å². The molecule has 2 amide bonds. The Labute approximate surface area is 177 Å². The molecule has 0 radical (unpaired) electrons. The topological polar surface area (TPSA) is 75.2 Å². The number of benzene rings is 2. The van der Waals surface area contributed by atoms with Gasteiger partial charge < -0.3 is 10.2 Å². The van der Waals surface area contributed by atoms with Gasteiger partial charge in [0.05, 0.1) is 22.8 Å². The van der Waals surface area contributed by atoms with Crippen LogP contribution in [0.15, 0.2) is 59.8 Å². The van der Waals surface area contributed by atoms with Crippen molar-refractivity contribution in [2.45, 2.75) is 12.1 Å². The van der Waals surface area contributed by atoms with Crippen molar-refractivity contribution in [1.82, 2.24) is 9.97 Å². The number of thioether (sulfide) groups is 1. The average Bonchev–Trinajstić information content (AvgIpc) is 2.71. The van der Waals surface area contributed by atoms with Gasteiger partial charge in [-0.15, -0.1) is 0 Å². The summed E-state index contributed by atoms with van der Waals surface area (Å²) in [4.78, 5) is 35.2. The van der Waals surface area contributed by atoms with Gasteiger partial charge in [-0.25, -0.2) is 9.97 Å². The SMILES string of the molecule is Cc1cc(-c2ccc(Cl)cc2)nc(SCC(=O)N2CC(=O)Nc3ccccc32)n1. The maximum absolute atomic E-state index is 12.8. The average molecular weight is 425 g/mol. The molecular weight excluding hydrogens is 408 g/mol. The number of nitrogens with zero attached hydrogens (tertiary/aromatic N) is 3. The molecule has 0 aliphatic carbocycles. The van der Waals surface area contributed by atoms with Crippen molar-refractivity contribution in [1.29, 1.82) is 0 Å². The molecule has 4 rings (SSSR count). The quantitative estimate of drug-likeness (QED) is 0.502. The molecular formula is C21H17ClN4O2S. The molecule has 1 aliphatic rings. The fourth-order valence-electron chi connectivity index (χ4n) is 3.03. The van der Waals surface area contributed by atoms with Crippen molar-refractivity contribution < 1.29 is 9.59 Å². The van der Waals surface area contributed by atoms with E-state index in [1.165, 1.54) is 16.7 Å². The first-order chi connectivity index (χ1) is 14.0. The maximum Gasteiger partial charge on any atom is 0.244 e. The van der Waals surface area contributed by atoms with Crippen LogP contribution in [0.3, 0.4) is 0 Å². The summed E-state index contributed by atoms with van der Waals surface area (Å²) in [6.07, 6.45) is 0. The highest BCUT2D eigenvalue weighted by atomic mass is 35.5. The van der Waals surface area contributed by atoms with Gasteiger partial charge in [0.2, 0.25) is 11.8 Å². The predicted molar refractivity (Wildman–Crippen MR) is 115 cm³/mol. The number of fused-ring (bicyclic) bond motifs is 1. The highest BCUT2D eigenvalue weighted by molar-refractivity contribution is 7.99. The second kappa shape index (κ2) is 8.23. The molecule has 1 aromatic heterocycles. The number of nitrogens with one attached hydrogen (secondary N) is 1. The van der Waals surface area contributed by atoms with Crippen molar-refractivity contribution in [3.05, 3.63) is 65.3 Å². The van der Waals surface area contributed by atoms with Gasteiger partial charge in [-0.05, 0) is 37.3 Å². The normalized spacial score (nSPS) is 13.0. The summed E-state index contributed by atoms with van der Waals surface area (Å²) in [6.45, 7) is 1.89. The summed E-state index contributed by atoms with van der Waals surface area (Å²) >= 11 is 7.21. The Hall–Kier alpha value is -2.90. The van der Waals surface area contributed by atoms with Crippen LogP contribution in [0.5, 0.6) is 0 Å². The summed E-state index contributed by atoms with van der Waals surface area (Å²) in [5.41, 5.74) is 3.84. The molecule has 1 aliphatic heterocycles. The standard InChI is InChI=1S/C21H17ClN4O2S/c1-13-10-17(14-6-8-15(22)9-7-14)25-21(23-13)29-12-20(28)26-11-19(27)24-16-4-2-3-5-18(16)26/h2-10H,11-12H2,1H3,(H,24,27). The second-order valence-electron chi connectivity index (χ2n) is 6.52. The van der Waals surface area contributed by atoms with Crippen LogP contribution in [-0.4, -0.2) is 34.1 Å². The van der Waals surface area contributed by atoms with E-state index in [0.29, 0.717) is 21.6 Å². The highest BCUT2D eigenvalue weighted by Gasteiger charge is 2.26. The lowest BCUT2D eigenvalue weighted by molar-refractivity contribution is -0.120. The zero-order valence-corrected chi connectivity index (χ0v) is 17.1. The van der Waals surface area contributed by atoms with Gasteiger partial charge in [0.25, 0.3) is 0 Å². The minimum atomic E-state index is -0.209. The van der Waals surface area contributed by atoms with Gasteiger partial charge in [0.1, 0.15) is 6.54 Å². The van der Waals surface area contributed by atoms with E-state index in [-0.39, 0.29) is 24.1 Å².